The number of alkyl halides is 3. The molecule has 0 saturated carbocycles. The van der Waals surface area contributed by atoms with E-state index in [4.69, 9.17) is 9.47 Å². The third-order valence-corrected chi connectivity index (χ3v) is 6.28. The number of ether oxygens (including phenoxy) is 2. The van der Waals surface area contributed by atoms with Crippen molar-refractivity contribution in [2.45, 2.75) is 26.6 Å². The Balaban J connectivity index is 1.70. The first-order valence-electron chi connectivity index (χ1n) is 11.9. The lowest BCUT2D eigenvalue weighted by Crippen LogP contribution is -2.24. The summed E-state index contributed by atoms with van der Waals surface area (Å²) in [6, 6.07) is 13.9. The van der Waals surface area contributed by atoms with Crippen molar-refractivity contribution in [1.82, 2.24) is 9.97 Å². The number of fused-ring (bicyclic) bond motifs is 1. The summed E-state index contributed by atoms with van der Waals surface area (Å²) < 4.78 is 81.9. The molecule has 6 nitrogen and oxygen atoms in total. The van der Waals surface area contributed by atoms with E-state index in [1.807, 2.05) is 30.3 Å². The van der Waals surface area contributed by atoms with Crippen molar-refractivity contribution in [2.75, 3.05) is 0 Å². The number of benzene rings is 2. The van der Waals surface area contributed by atoms with Gasteiger partial charge in [-0.25, -0.2) is 18.7 Å². The topological polar surface area (TPSA) is 71.2 Å². The van der Waals surface area contributed by atoms with Gasteiger partial charge in [-0.3, -0.25) is 0 Å². The third kappa shape index (κ3) is 5.22. The second-order valence-electron chi connectivity index (χ2n) is 8.94. The van der Waals surface area contributed by atoms with E-state index >= 15 is 0 Å². The first-order chi connectivity index (χ1) is 19.0. The maximum absolute atomic E-state index is 14.2. The quantitative estimate of drug-likeness (QED) is 0.126. The number of aromatic nitrogens is 3. The molecule has 0 aliphatic rings. The van der Waals surface area contributed by atoms with Crippen LogP contribution >= 0.6 is 0 Å². The summed E-state index contributed by atoms with van der Waals surface area (Å²) in [5.41, 5.74) is -0.531. The van der Waals surface area contributed by atoms with Gasteiger partial charge in [0.1, 0.15) is 23.5 Å². The minimum absolute atomic E-state index is 0.00514. The molecule has 0 bridgehead atoms. The molecule has 204 valence electrons. The van der Waals surface area contributed by atoms with E-state index in [0.717, 1.165) is 17.7 Å². The van der Waals surface area contributed by atoms with Crippen molar-refractivity contribution in [3.63, 3.8) is 0 Å². The molecular formula is C29H20F5N3O3. The summed E-state index contributed by atoms with van der Waals surface area (Å²) in [6.07, 6.45) is -1.71. The first kappa shape index (κ1) is 26.8. The monoisotopic (exact) mass is 553 g/mol. The Bertz CT molecular complexity index is 1730. The summed E-state index contributed by atoms with van der Waals surface area (Å²) in [4.78, 5) is 8.38. The van der Waals surface area contributed by atoms with Gasteiger partial charge in [0.25, 0.3) is 0 Å². The zero-order chi connectivity index (χ0) is 28.6. The van der Waals surface area contributed by atoms with Crippen LogP contribution in [-0.4, -0.2) is 9.97 Å². The highest BCUT2D eigenvalue weighted by molar-refractivity contribution is 5.88. The Morgan fingerprint density at radius 3 is 2.42 bits per heavy atom. The van der Waals surface area contributed by atoms with Crippen LogP contribution in [0.15, 0.2) is 73.2 Å². The van der Waals surface area contributed by atoms with Gasteiger partial charge >= 0.3 is 6.18 Å². The van der Waals surface area contributed by atoms with Crippen LogP contribution in [0.25, 0.3) is 22.2 Å². The van der Waals surface area contributed by atoms with E-state index in [2.05, 4.69) is 9.97 Å². The number of rotatable bonds is 6. The maximum atomic E-state index is 14.2. The van der Waals surface area contributed by atoms with Crippen molar-refractivity contribution < 1.29 is 36.2 Å². The summed E-state index contributed by atoms with van der Waals surface area (Å²) in [7, 11) is 0. The molecule has 0 N–H and O–H groups in total. The normalized spacial score (nSPS) is 11.6. The fourth-order valence-corrected chi connectivity index (χ4v) is 4.20. The minimum atomic E-state index is -4.75. The summed E-state index contributed by atoms with van der Waals surface area (Å²) in [6.45, 7) is 2.61. The van der Waals surface area contributed by atoms with Gasteiger partial charge in [0.05, 0.1) is 22.3 Å². The van der Waals surface area contributed by atoms with Gasteiger partial charge < -0.3 is 14.7 Å². The third-order valence-electron chi connectivity index (χ3n) is 6.28. The summed E-state index contributed by atoms with van der Waals surface area (Å²) >= 11 is 0. The second-order valence-corrected chi connectivity index (χ2v) is 8.94. The van der Waals surface area contributed by atoms with Crippen LogP contribution in [0.5, 0.6) is 17.4 Å². The van der Waals surface area contributed by atoms with Gasteiger partial charge in [-0.2, -0.15) is 17.9 Å². The zero-order valence-electron chi connectivity index (χ0n) is 21.1. The number of pyridine rings is 3. The highest BCUT2D eigenvalue weighted by Gasteiger charge is 2.35. The first-order valence-corrected chi connectivity index (χ1v) is 11.9. The van der Waals surface area contributed by atoms with Crippen LogP contribution in [0, 0.1) is 30.7 Å². The van der Waals surface area contributed by atoms with E-state index in [9.17, 15) is 27.2 Å². The van der Waals surface area contributed by atoms with Crippen molar-refractivity contribution in [1.29, 1.82) is 0 Å². The van der Waals surface area contributed by atoms with E-state index in [1.165, 1.54) is 38.4 Å². The van der Waals surface area contributed by atoms with E-state index < -0.39 is 23.4 Å². The molecule has 0 radical (unpaired) electrons. The smallest absolute Gasteiger partial charge is 0.418 e. The molecule has 0 amide bonds. The average Bonchev–Trinajstić information content (AvgIpc) is 2.92. The zero-order valence-corrected chi connectivity index (χ0v) is 21.1. The molecule has 11 heteroatoms. The Hall–Kier alpha value is -4.80. The van der Waals surface area contributed by atoms with Crippen LogP contribution < -0.4 is 14.2 Å². The lowest BCUT2D eigenvalue weighted by molar-refractivity contribution is -0.603. The number of nitrogens with zero attached hydrogens (tertiary/aromatic N) is 3. The summed E-state index contributed by atoms with van der Waals surface area (Å²) in [5.74, 6) is -2.53. The predicted molar refractivity (Wildman–Crippen MR) is 136 cm³/mol. The lowest BCUT2D eigenvalue weighted by Gasteiger charge is -2.19. The van der Waals surface area contributed by atoms with Crippen LogP contribution in [-0.2, 0) is 12.8 Å². The lowest BCUT2D eigenvalue weighted by atomic mass is 10.0. The van der Waals surface area contributed by atoms with Crippen LogP contribution in [0.2, 0.25) is 0 Å². The second kappa shape index (κ2) is 10.4. The molecular weight excluding hydrogens is 533 g/mol. The molecule has 0 aliphatic carbocycles. The molecule has 2 aromatic carbocycles. The van der Waals surface area contributed by atoms with Gasteiger partial charge in [-0.1, -0.05) is 30.3 Å². The maximum Gasteiger partial charge on any atom is 0.418 e. The van der Waals surface area contributed by atoms with Gasteiger partial charge in [0.2, 0.25) is 5.88 Å². The van der Waals surface area contributed by atoms with Crippen LogP contribution in [0.3, 0.4) is 0 Å². The highest BCUT2D eigenvalue weighted by Crippen LogP contribution is 2.42. The summed E-state index contributed by atoms with van der Waals surface area (Å²) in [5, 5.41) is 12.4. The SMILES string of the molecule is Cc1c(Oc2ncc(C(F)(F)F)c(C)c2-c2cc(OCc3ccccc3)c3c[n+]([O-])ccc3n2)ccc(F)c1F. The van der Waals surface area contributed by atoms with Crippen molar-refractivity contribution in [3.8, 4) is 28.6 Å². The standard InChI is InChI=1S/C29H20F5N3O3/c1-16-20(29(32,33)34)13-35-28(40-24-9-8-21(30)27(31)17(24)2)26(16)23-12-25(39-15-18-6-4-3-5-7-18)19-14-37(38)11-10-22(19)36-23/h3-14H,15H2,1-2H3. The number of hydrogen-bond acceptors (Lipinski definition) is 5. The molecule has 5 aromatic rings. The highest BCUT2D eigenvalue weighted by atomic mass is 19.4. The molecule has 5 rings (SSSR count). The van der Waals surface area contributed by atoms with Crippen LogP contribution in [0.1, 0.15) is 22.3 Å². The number of halogens is 5. The molecule has 0 spiro atoms. The van der Waals surface area contributed by atoms with E-state index in [1.54, 1.807) is 0 Å². The van der Waals surface area contributed by atoms with Crippen molar-refractivity contribution >= 4 is 10.9 Å². The van der Waals surface area contributed by atoms with E-state index in [0.29, 0.717) is 16.3 Å². The fourth-order valence-electron chi connectivity index (χ4n) is 4.20. The fraction of sp³-hybridized carbons (Fsp3) is 0.138. The molecule has 0 aliphatic heterocycles. The Kier molecular flexibility index (Phi) is 6.97. The molecule has 0 unspecified atom stereocenters. The van der Waals surface area contributed by atoms with Gasteiger partial charge in [0.15, 0.2) is 24.0 Å². The molecule has 3 heterocycles. The molecule has 0 fully saturated rings. The van der Waals surface area contributed by atoms with Crippen molar-refractivity contribution in [3.05, 3.63) is 112 Å². The Morgan fingerprint density at radius 1 is 0.950 bits per heavy atom. The molecule has 40 heavy (non-hydrogen) atoms. The Morgan fingerprint density at radius 2 is 1.70 bits per heavy atom. The number of hydrogen-bond donors (Lipinski definition) is 0. The van der Waals surface area contributed by atoms with Gasteiger partial charge in [0, 0.05) is 23.9 Å². The minimum Gasteiger partial charge on any atom is -0.619 e. The average molecular weight is 553 g/mol. The van der Waals surface area contributed by atoms with Gasteiger partial charge in [-0.15, -0.1) is 0 Å². The molecule has 0 saturated heterocycles. The van der Waals surface area contributed by atoms with E-state index in [-0.39, 0.29) is 51.9 Å². The molecule has 3 aromatic heterocycles. The Labute approximate surface area is 224 Å². The molecule has 0 atom stereocenters. The predicted octanol–water partition coefficient (Wildman–Crippen LogP) is 7.22. The van der Waals surface area contributed by atoms with Crippen molar-refractivity contribution in [2.24, 2.45) is 0 Å². The van der Waals surface area contributed by atoms with Crippen LogP contribution in [0.4, 0.5) is 22.0 Å². The van der Waals surface area contributed by atoms with Gasteiger partial charge in [-0.05, 0) is 37.1 Å². The largest absolute Gasteiger partial charge is 0.619 e.